The van der Waals surface area contributed by atoms with Crippen molar-refractivity contribution in [2.24, 2.45) is 0 Å². The quantitative estimate of drug-likeness (QED) is 0.298. The number of carbonyl (C=O) groups excluding carboxylic acids is 1. The molecule has 188 valence electrons. The van der Waals surface area contributed by atoms with Gasteiger partial charge in [0.2, 0.25) is 0 Å². The number of amides is 1. The summed E-state index contributed by atoms with van der Waals surface area (Å²) in [4.78, 5) is 20.9. The van der Waals surface area contributed by atoms with Crippen molar-refractivity contribution in [2.75, 3.05) is 11.1 Å². The Kier molecular flexibility index (Phi) is 8.22. The van der Waals surface area contributed by atoms with Crippen LogP contribution < -0.4 is 5.32 Å². The minimum absolute atomic E-state index is 0.00452. The van der Waals surface area contributed by atoms with Gasteiger partial charge < -0.3 is 19.9 Å². The number of aliphatic hydroxyl groups excluding tert-OH is 1. The third-order valence-electron chi connectivity index (χ3n) is 6.03. The van der Waals surface area contributed by atoms with E-state index in [-0.39, 0.29) is 24.7 Å². The Balaban J connectivity index is 1.31. The molecule has 1 amide bonds. The SMILES string of the molecule is O=C(Nc1ccc([C@@H]2O[C@H](CSc3ccccn3)C[C@H](c3ccc(CO)cc3)O2)cc1)c1cccnc1. The highest BCUT2D eigenvalue weighted by Crippen LogP contribution is 2.39. The van der Waals surface area contributed by atoms with E-state index in [2.05, 4.69) is 15.3 Å². The summed E-state index contributed by atoms with van der Waals surface area (Å²) in [5.74, 6) is 0.519. The molecule has 1 aliphatic rings. The largest absolute Gasteiger partial charge is 0.392 e. The molecule has 1 fully saturated rings. The minimum atomic E-state index is -0.561. The number of nitrogens with zero attached hydrogens (tertiary/aromatic N) is 2. The molecular weight excluding hydrogens is 486 g/mol. The molecule has 0 saturated carbocycles. The summed E-state index contributed by atoms with van der Waals surface area (Å²) in [6.07, 6.45) is 4.87. The van der Waals surface area contributed by atoms with Crippen molar-refractivity contribution in [3.63, 3.8) is 0 Å². The Morgan fingerprint density at radius 3 is 2.46 bits per heavy atom. The van der Waals surface area contributed by atoms with Gasteiger partial charge >= 0.3 is 0 Å². The van der Waals surface area contributed by atoms with Gasteiger partial charge in [-0.2, -0.15) is 0 Å². The van der Waals surface area contributed by atoms with Crippen LogP contribution in [0.25, 0.3) is 0 Å². The smallest absolute Gasteiger partial charge is 0.257 e. The Morgan fingerprint density at radius 1 is 0.946 bits per heavy atom. The first-order chi connectivity index (χ1) is 18.2. The molecule has 2 aromatic carbocycles. The predicted molar refractivity (Wildman–Crippen MR) is 142 cm³/mol. The molecule has 0 aliphatic carbocycles. The van der Waals surface area contributed by atoms with Crippen LogP contribution in [0.3, 0.4) is 0 Å². The number of ether oxygens (including phenoxy) is 2. The predicted octanol–water partition coefficient (Wildman–Crippen LogP) is 5.56. The number of rotatable bonds is 8. The van der Waals surface area contributed by atoms with Gasteiger partial charge in [0.15, 0.2) is 6.29 Å². The van der Waals surface area contributed by atoms with Crippen LogP contribution in [-0.2, 0) is 16.1 Å². The van der Waals surface area contributed by atoms with Gasteiger partial charge in [-0.15, -0.1) is 11.8 Å². The van der Waals surface area contributed by atoms with Gasteiger partial charge in [-0.1, -0.05) is 42.5 Å². The van der Waals surface area contributed by atoms with Crippen LogP contribution in [0, 0.1) is 0 Å². The zero-order valence-electron chi connectivity index (χ0n) is 20.1. The third kappa shape index (κ3) is 6.61. The lowest BCUT2D eigenvalue weighted by Gasteiger charge is -2.36. The van der Waals surface area contributed by atoms with Crippen molar-refractivity contribution < 1.29 is 19.4 Å². The number of aromatic nitrogens is 2. The maximum atomic E-state index is 12.5. The first kappa shape index (κ1) is 25.1. The first-order valence-corrected chi connectivity index (χ1v) is 13.0. The molecule has 2 aromatic heterocycles. The molecule has 37 heavy (non-hydrogen) atoms. The van der Waals surface area contributed by atoms with Crippen LogP contribution in [0.5, 0.6) is 0 Å². The fourth-order valence-electron chi connectivity index (χ4n) is 4.06. The van der Waals surface area contributed by atoms with E-state index in [1.54, 1.807) is 36.3 Å². The highest BCUT2D eigenvalue weighted by atomic mass is 32.2. The van der Waals surface area contributed by atoms with E-state index >= 15 is 0 Å². The topological polar surface area (TPSA) is 93.6 Å². The summed E-state index contributed by atoms with van der Waals surface area (Å²) in [6.45, 7) is 0.00452. The number of hydrogen-bond acceptors (Lipinski definition) is 7. The van der Waals surface area contributed by atoms with Gasteiger partial charge in [-0.05, 0) is 47.5 Å². The van der Waals surface area contributed by atoms with Gasteiger partial charge in [0.25, 0.3) is 5.91 Å². The standard InChI is InChI=1S/C29H27N3O4S/c33-18-20-6-8-21(9-7-20)26-16-25(19-37-27-5-1-2-15-31-27)35-29(36-26)22-10-12-24(13-11-22)32-28(34)23-4-3-14-30-17-23/h1-15,17,25-26,29,33H,16,18-19H2,(H,32,34)/t25-,26+,29+/m0/s1. The van der Waals surface area contributed by atoms with E-state index < -0.39 is 6.29 Å². The Labute approximate surface area is 219 Å². The molecular formula is C29H27N3O4S. The van der Waals surface area contributed by atoms with Crippen molar-refractivity contribution in [3.8, 4) is 0 Å². The van der Waals surface area contributed by atoms with Gasteiger partial charge in [0, 0.05) is 42.0 Å². The summed E-state index contributed by atoms with van der Waals surface area (Å²) < 4.78 is 12.8. The molecule has 3 heterocycles. The zero-order valence-corrected chi connectivity index (χ0v) is 20.9. The maximum Gasteiger partial charge on any atom is 0.257 e. The fraction of sp³-hybridized carbons (Fsp3) is 0.207. The number of carbonyl (C=O) groups is 1. The van der Waals surface area contributed by atoms with Crippen LogP contribution in [0.4, 0.5) is 5.69 Å². The number of anilines is 1. The first-order valence-electron chi connectivity index (χ1n) is 12.0. The normalized spacial score (nSPS) is 19.3. The molecule has 5 rings (SSSR count). The van der Waals surface area contributed by atoms with E-state index in [1.807, 2.05) is 66.7 Å². The average Bonchev–Trinajstić information content (AvgIpc) is 2.97. The van der Waals surface area contributed by atoms with E-state index in [1.165, 1.54) is 6.20 Å². The summed E-state index contributed by atoms with van der Waals surface area (Å²) in [7, 11) is 0. The highest BCUT2D eigenvalue weighted by molar-refractivity contribution is 7.99. The van der Waals surface area contributed by atoms with Crippen LogP contribution >= 0.6 is 11.8 Å². The second-order valence-corrected chi connectivity index (χ2v) is 9.69. The van der Waals surface area contributed by atoms with Crippen LogP contribution in [0.1, 0.15) is 45.9 Å². The second kappa shape index (κ2) is 12.1. The molecule has 7 nitrogen and oxygen atoms in total. The van der Waals surface area contributed by atoms with E-state index in [4.69, 9.17) is 9.47 Å². The number of nitrogens with one attached hydrogen (secondary N) is 1. The summed E-state index contributed by atoms with van der Waals surface area (Å²) >= 11 is 1.66. The molecule has 0 radical (unpaired) electrons. The van der Waals surface area contributed by atoms with Gasteiger partial charge in [-0.25, -0.2) is 4.98 Å². The van der Waals surface area contributed by atoms with Gasteiger partial charge in [0.1, 0.15) is 0 Å². The van der Waals surface area contributed by atoms with Gasteiger partial charge in [-0.3, -0.25) is 9.78 Å². The minimum Gasteiger partial charge on any atom is -0.392 e. The third-order valence-corrected chi connectivity index (χ3v) is 7.11. The molecule has 1 aliphatic heterocycles. The summed E-state index contributed by atoms with van der Waals surface area (Å²) in [5, 5.41) is 13.2. The fourth-order valence-corrected chi connectivity index (χ4v) is 4.94. The number of aliphatic hydroxyl groups is 1. The number of pyridine rings is 2. The average molecular weight is 514 g/mol. The number of hydrogen-bond donors (Lipinski definition) is 2. The highest BCUT2D eigenvalue weighted by Gasteiger charge is 2.32. The lowest BCUT2D eigenvalue weighted by Crippen LogP contribution is -2.31. The van der Waals surface area contributed by atoms with Crippen LogP contribution in [-0.4, -0.2) is 32.8 Å². The Morgan fingerprint density at radius 2 is 1.76 bits per heavy atom. The molecule has 4 aromatic rings. The van der Waals surface area contributed by atoms with E-state index in [9.17, 15) is 9.90 Å². The zero-order chi connectivity index (χ0) is 25.5. The van der Waals surface area contributed by atoms with E-state index in [0.717, 1.165) is 27.5 Å². The summed E-state index contributed by atoms with van der Waals surface area (Å²) in [5.41, 5.74) is 3.93. The molecule has 0 spiro atoms. The van der Waals surface area contributed by atoms with Crippen molar-refractivity contribution in [2.45, 2.75) is 36.6 Å². The van der Waals surface area contributed by atoms with Crippen LogP contribution in [0.2, 0.25) is 0 Å². The van der Waals surface area contributed by atoms with Crippen molar-refractivity contribution >= 4 is 23.4 Å². The van der Waals surface area contributed by atoms with Gasteiger partial charge in [0.05, 0.1) is 29.4 Å². The molecule has 3 atom stereocenters. The molecule has 1 saturated heterocycles. The Bertz CT molecular complexity index is 1290. The molecule has 2 N–H and O–H groups in total. The lowest BCUT2D eigenvalue weighted by molar-refractivity contribution is -0.245. The van der Waals surface area contributed by atoms with E-state index in [0.29, 0.717) is 17.7 Å². The van der Waals surface area contributed by atoms with Crippen molar-refractivity contribution in [3.05, 3.63) is 120 Å². The number of benzene rings is 2. The van der Waals surface area contributed by atoms with Crippen molar-refractivity contribution in [1.82, 2.24) is 9.97 Å². The Hall–Kier alpha value is -3.56. The second-order valence-electron chi connectivity index (χ2n) is 8.65. The molecule has 0 unspecified atom stereocenters. The number of thioether (sulfide) groups is 1. The molecule has 0 bridgehead atoms. The van der Waals surface area contributed by atoms with Crippen LogP contribution in [0.15, 0.2) is 102 Å². The lowest BCUT2D eigenvalue weighted by atomic mass is 10.0. The maximum absolute atomic E-state index is 12.5. The van der Waals surface area contributed by atoms with Crippen molar-refractivity contribution in [1.29, 1.82) is 0 Å². The molecule has 8 heteroatoms. The monoisotopic (exact) mass is 513 g/mol. The summed E-state index contributed by atoms with van der Waals surface area (Å²) in [6, 6.07) is 24.6.